The number of carbonyl (C=O) groups is 2. The summed E-state index contributed by atoms with van der Waals surface area (Å²) >= 11 is 0. The molecular weight excluding hydrogens is 389 g/mol. The van der Waals surface area contributed by atoms with Gasteiger partial charge in [0.2, 0.25) is 11.8 Å². The second-order valence-electron chi connectivity index (χ2n) is 5.89. The molecule has 10 heteroatoms. The number of hydrogen-bond acceptors (Lipinski definition) is 5. The SMILES string of the molecule is COc1ccc(NC(=O)C(C)NC(C)=O)cc1NS(=O)(=O)c1ccc(F)cc1. The first-order valence-corrected chi connectivity index (χ1v) is 9.65. The lowest BCUT2D eigenvalue weighted by Crippen LogP contribution is -2.40. The van der Waals surface area contributed by atoms with E-state index in [0.29, 0.717) is 5.69 Å². The Hall–Kier alpha value is -3.14. The first-order valence-electron chi connectivity index (χ1n) is 8.17. The van der Waals surface area contributed by atoms with Crippen LogP contribution in [0.25, 0.3) is 0 Å². The number of ether oxygens (including phenoxy) is 1. The maximum atomic E-state index is 13.0. The summed E-state index contributed by atoms with van der Waals surface area (Å²) in [5, 5.41) is 5.02. The Balaban J connectivity index is 2.26. The molecule has 0 spiro atoms. The number of halogens is 1. The van der Waals surface area contributed by atoms with E-state index in [0.717, 1.165) is 24.3 Å². The molecule has 0 saturated heterocycles. The van der Waals surface area contributed by atoms with E-state index in [1.807, 2.05) is 0 Å². The van der Waals surface area contributed by atoms with Crippen molar-refractivity contribution in [2.45, 2.75) is 24.8 Å². The maximum absolute atomic E-state index is 13.0. The summed E-state index contributed by atoms with van der Waals surface area (Å²) in [5.41, 5.74) is 0.372. The molecule has 0 heterocycles. The average molecular weight is 409 g/mol. The first-order chi connectivity index (χ1) is 13.1. The van der Waals surface area contributed by atoms with Gasteiger partial charge in [-0.2, -0.15) is 0 Å². The van der Waals surface area contributed by atoms with Gasteiger partial charge in [-0.1, -0.05) is 0 Å². The van der Waals surface area contributed by atoms with Crippen molar-refractivity contribution in [1.29, 1.82) is 0 Å². The van der Waals surface area contributed by atoms with Crippen LogP contribution >= 0.6 is 0 Å². The Morgan fingerprint density at radius 3 is 2.32 bits per heavy atom. The molecule has 2 amide bonds. The van der Waals surface area contributed by atoms with Crippen LogP contribution in [0.1, 0.15) is 13.8 Å². The second-order valence-corrected chi connectivity index (χ2v) is 7.57. The highest BCUT2D eigenvalue weighted by Gasteiger charge is 2.19. The Morgan fingerprint density at radius 1 is 1.11 bits per heavy atom. The molecule has 0 saturated carbocycles. The molecule has 1 atom stereocenters. The molecule has 1 unspecified atom stereocenters. The summed E-state index contributed by atoms with van der Waals surface area (Å²) in [6, 6.07) is 7.92. The zero-order valence-electron chi connectivity index (χ0n) is 15.4. The molecular formula is C18H20FN3O5S. The number of hydrogen-bond donors (Lipinski definition) is 3. The molecule has 2 rings (SSSR count). The van der Waals surface area contributed by atoms with Crippen LogP contribution in [-0.4, -0.2) is 33.4 Å². The molecule has 0 aromatic heterocycles. The van der Waals surface area contributed by atoms with Gasteiger partial charge < -0.3 is 15.4 Å². The molecule has 150 valence electrons. The summed E-state index contributed by atoms with van der Waals surface area (Å²) in [7, 11) is -2.64. The number of methoxy groups -OCH3 is 1. The average Bonchev–Trinajstić information content (AvgIpc) is 2.61. The molecule has 0 aliphatic rings. The van der Waals surface area contributed by atoms with Crippen LogP contribution in [0.3, 0.4) is 0 Å². The standard InChI is InChI=1S/C18H20FN3O5S/c1-11(20-12(2)23)18(24)21-14-6-9-17(27-3)16(10-14)22-28(25,26)15-7-4-13(19)5-8-15/h4-11,22H,1-3H3,(H,20,23)(H,21,24). The van der Waals surface area contributed by atoms with Crippen molar-refractivity contribution in [3.8, 4) is 5.75 Å². The van der Waals surface area contributed by atoms with Crippen molar-refractivity contribution < 1.29 is 27.1 Å². The van der Waals surface area contributed by atoms with E-state index in [1.54, 1.807) is 0 Å². The van der Waals surface area contributed by atoms with E-state index in [-0.39, 0.29) is 22.2 Å². The molecule has 2 aromatic rings. The van der Waals surface area contributed by atoms with Gasteiger partial charge in [-0.25, -0.2) is 12.8 Å². The number of sulfonamides is 1. The highest BCUT2D eigenvalue weighted by Crippen LogP contribution is 2.30. The van der Waals surface area contributed by atoms with Gasteiger partial charge in [0.05, 0.1) is 17.7 Å². The Bertz CT molecular complexity index is 977. The van der Waals surface area contributed by atoms with Crippen molar-refractivity contribution in [3.63, 3.8) is 0 Å². The number of benzene rings is 2. The zero-order chi connectivity index (χ0) is 20.9. The normalized spacial score (nSPS) is 12.0. The fourth-order valence-electron chi connectivity index (χ4n) is 2.30. The minimum atomic E-state index is -4.01. The van der Waals surface area contributed by atoms with Gasteiger partial charge in [0.25, 0.3) is 10.0 Å². The molecule has 8 nitrogen and oxygen atoms in total. The molecule has 28 heavy (non-hydrogen) atoms. The van der Waals surface area contributed by atoms with Crippen LogP contribution in [0.4, 0.5) is 15.8 Å². The molecule has 0 fully saturated rings. The second kappa shape index (κ2) is 8.70. The number of anilines is 2. The fourth-order valence-corrected chi connectivity index (χ4v) is 3.37. The van der Waals surface area contributed by atoms with Gasteiger partial charge in [-0.15, -0.1) is 0 Å². The monoisotopic (exact) mass is 409 g/mol. The van der Waals surface area contributed by atoms with Crippen molar-refractivity contribution in [2.75, 3.05) is 17.1 Å². The van der Waals surface area contributed by atoms with Crippen LogP contribution in [0.15, 0.2) is 47.4 Å². The third kappa shape index (κ3) is 5.43. The number of rotatable bonds is 7. The predicted molar refractivity (Wildman–Crippen MR) is 102 cm³/mol. The van der Waals surface area contributed by atoms with E-state index < -0.39 is 27.8 Å². The third-order valence-corrected chi connectivity index (χ3v) is 5.03. The van der Waals surface area contributed by atoms with E-state index in [9.17, 15) is 22.4 Å². The third-order valence-electron chi connectivity index (χ3n) is 3.65. The molecule has 0 aliphatic heterocycles. The van der Waals surface area contributed by atoms with E-state index in [2.05, 4.69) is 15.4 Å². The van der Waals surface area contributed by atoms with Gasteiger partial charge in [0.15, 0.2) is 0 Å². The largest absolute Gasteiger partial charge is 0.495 e. The molecule has 0 aliphatic carbocycles. The summed E-state index contributed by atoms with van der Waals surface area (Å²) in [4.78, 5) is 23.0. The lowest BCUT2D eigenvalue weighted by Gasteiger charge is -2.16. The van der Waals surface area contributed by atoms with Crippen molar-refractivity contribution in [1.82, 2.24) is 5.32 Å². The zero-order valence-corrected chi connectivity index (χ0v) is 16.3. The summed E-state index contributed by atoms with van der Waals surface area (Å²) in [6.07, 6.45) is 0. The van der Waals surface area contributed by atoms with Gasteiger partial charge >= 0.3 is 0 Å². The van der Waals surface area contributed by atoms with Crippen molar-refractivity contribution in [2.24, 2.45) is 0 Å². The van der Waals surface area contributed by atoms with Crippen LogP contribution in [0, 0.1) is 5.82 Å². The minimum Gasteiger partial charge on any atom is -0.495 e. The van der Waals surface area contributed by atoms with Gasteiger partial charge in [-0.3, -0.25) is 14.3 Å². The number of amides is 2. The summed E-state index contributed by atoms with van der Waals surface area (Å²) in [5.74, 6) is -1.18. The summed E-state index contributed by atoms with van der Waals surface area (Å²) in [6.45, 7) is 2.80. The number of carbonyl (C=O) groups excluding carboxylic acids is 2. The summed E-state index contributed by atoms with van der Waals surface area (Å²) < 4.78 is 45.6. The Morgan fingerprint density at radius 2 is 1.75 bits per heavy atom. The quantitative estimate of drug-likeness (QED) is 0.648. The lowest BCUT2D eigenvalue weighted by molar-refractivity contribution is -0.124. The van der Waals surface area contributed by atoms with Gasteiger partial charge in [0.1, 0.15) is 17.6 Å². The fraction of sp³-hybridized carbons (Fsp3) is 0.222. The molecule has 0 bridgehead atoms. The minimum absolute atomic E-state index is 0.0804. The predicted octanol–water partition coefficient (Wildman–Crippen LogP) is 2.10. The van der Waals surface area contributed by atoms with Crippen LogP contribution in [-0.2, 0) is 19.6 Å². The molecule has 3 N–H and O–H groups in total. The van der Waals surface area contributed by atoms with Gasteiger partial charge in [-0.05, 0) is 49.4 Å². The number of nitrogens with one attached hydrogen (secondary N) is 3. The lowest BCUT2D eigenvalue weighted by atomic mass is 10.2. The van der Waals surface area contributed by atoms with Crippen molar-refractivity contribution >= 4 is 33.2 Å². The Kier molecular flexibility index (Phi) is 6.57. The van der Waals surface area contributed by atoms with Crippen LogP contribution < -0.4 is 20.1 Å². The van der Waals surface area contributed by atoms with E-state index >= 15 is 0 Å². The highest BCUT2D eigenvalue weighted by molar-refractivity contribution is 7.92. The topological polar surface area (TPSA) is 114 Å². The molecule has 2 aromatic carbocycles. The maximum Gasteiger partial charge on any atom is 0.262 e. The van der Waals surface area contributed by atoms with Crippen molar-refractivity contribution in [3.05, 3.63) is 48.3 Å². The smallest absolute Gasteiger partial charge is 0.262 e. The van der Waals surface area contributed by atoms with E-state index in [1.165, 1.54) is 39.2 Å². The van der Waals surface area contributed by atoms with Gasteiger partial charge in [0, 0.05) is 12.6 Å². The van der Waals surface area contributed by atoms with Crippen LogP contribution in [0.5, 0.6) is 5.75 Å². The van der Waals surface area contributed by atoms with E-state index in [4.69, 9.17) is 4.74 Å². The first kappa shape index (κ1) is 21.2. The Labute approximate surface area is 162 Å². The van der Waals surface area contributed by atoms with Crippen LogP contribution in [0.2, 0.25) is 0 Å². The molecule has 0 radical (unpaired) electrons. The highest BCUT2D eigenvalue weighted by atomic mass is 32.2.